The Bertz CT molecular complexity index is 1740. The lowest BCUT2D eigenvalue weighted by Crippen LogP contribution is -2.31. The van der Waals surface area contributed by atoms with Crippen LogP contribution in [0.3, 0.4) is 0 Å². The lowest BCUT2D eigenvalue weighted by molar-refractivity contribution is -0.245. The van der Waals surface area contributed by atoms with E-state index in [1.807, 2.05) is 72.8 Å². The molecule has 2 heterocycles. The van der Waals surface area contributed by atoms with Crippen molar-refractivity contribution < 1.29 is 39.3 Å². The molecular weight excluding hydrogens is 658 g/mol. The number of hydrogen-bond acceptors (Lipinski definition) is 9. The van der Waals surface area contributed by atoms with Crippen LogP contribution in [0.2, 0.25) is 0 Å². The number of amides is 2. The molecule has 0 spiro atoms. The number of aromatic carboxylic acids is 1. The SMILES string of the molecule is O=C(CCCCCC(=O)NCc1ccccc1-c1ccc([C@H]2O[C@@H](CSc3ncccc3C(=O)O)C[C@@H](c3ccc(CO)cc3)O2)cc1)NO. The molecule has 11 nitrogen and oxygen atoms in total. The summed E-state index contributed by atoms with van der Waals surface area (Å²) in [7, 11) is 0. The smallest absolute Gasteiger partial charge is 0.338 e. The number of thioether (sulfide) groups is 1. The number of aromatic nitrogens is 1. The van der Waals surface area contributed by atoms with E-state index in [4.69, 9.17) is 14.7 Å². The Balaban J connectivity index is 1.26. The number of unbranched alkanes of at least 4 members (excludes halogenated alkanes) is 2. The summed E-state index contributed by atoms with van der Waals surface area (Å²) in [6.45, 7) is 0.318. The van der Waals surface area contributed by atoms with Crippen molar-refractivity contribution in [3.63, 3.8) is 0 Å². The van der Waals surface area contributed by atoms with Crippen LogP contribution in [0.5, 0.6) is 0 Å². The van der Waals surface area contributed by atoms with E-state index in [1.54, 1.807) is 17.7 Å². The van der Waals surface area contributed by atoms with Crippen molar-refractivity contribution in [3.8, 4) is 11.1 Å². The molecule has 1 aliphatic rings. The van der Waals surface area contributed by atoms with Gasteiger partial charge in [0.05, 0.1) is 24.4 Å². The summed E-state index contributed by atoms with van der Waals surface area (Å²) < 4.78 is 12.9. The molecule has 0 bridgehead atoms. The number of carbonyl (C=O) groups is 3. The van der Waals surface area contributed by atoms with Crippen LogP contribution < -0.4 is 10.8 Å². The number of benzene rings is 3. The number of carboxylic acid groups (broad SMARTS) is 1. The molecule has 0 radical (unpaired) electrons. The molecule has 0 aliphatic carbocycles. The lowest BCUT2D eigenvalue weighted by atomic mass is 9.97. The van der Waals surface area contributed by atoms with Crippen LogP contribution >= 0.6 is 11.8 Å². The first-order valence-corrected chi connectivity index (χ1v) is 17.5. The van der Waals surface area contributed by atoms with Gasteiger partial charge in [-0.3, -0.25) is 14.8 Å². The molecule has 262 valence electrons. The number of nitrogens with one attached hydrogen (secondary N) is 2. The summed E-state index contributed by atoms with van der Waals surface area (Å²) >= 11 is 1.34. The zero-order valence-corrected chi connectivity index (χ0v) is 28.3. The highest BCUT2D eigenvalue weighted by molar-refractivity contribution is 7.99. The normalized spacial score (nSPS) is 17.2. The van der Waals surface area contributed by atoms with Gasteiger partial charge in [0.15, 0.2) is 6.29 Å². The van der Waals surface area contributed by atoms with Crippen molar-refractivity contribution >= 4 is 29.5 Å². The molecule has 4 aromatic rings. The second kappa shape index (κ2) is 18.4. The van der Waals surface area contributed by atoms with Gasteiger partial charge in [-0.2, -0.15) is 0 Å². The minimum absolute atomic E-state index is 0.0519. The van der Waals surface area contributed by atoms with Gasteiger partial charge in [0.25, 0.3) is 0 Å². The molecule has 5 rings (SSSR count). The molecule has 3 aromatic carbocycles. The first kappa shape index (κ1) is 36.7. The number of hydrogen-bond donors (Lipinski definition) is 5. The second-order valence-electron chi connectivity index (χ2n) is 12.0. The van der Waals surface area contributed by atoms with Crippen molar-refractivity contribution in [2.24, 2.45) is 0 Å². The van der Waals surface area contributed by atoms with Crippen LogP contribution in [-0.2, 0) is 32.2 Å². The van der Waals surface area contributed by atoms with Crippen LogP contribution in [-0.4, -0.2) is 50.0 Å². The van der Waals surface area contributed by atoms with Gasteiger partial charge in [-0.1, -0.05) is 79.2 Å². The van der Waals surface area contributed by atoms with Crippen LogP contribution in [0.25, 0.3) is 11.1 Å². The quantitative estimate of drug-likeness (QED) is 0.0385. The first-order chi connectivity index (χ1) is 24.3. The summed E-state index contributed by atoms with van der Waals surface area (Å²) in [5.74, 6) is -1.05. The first-order valence-electron chi connectivity index (χ1n) is 16.5. The number of aliphatic hydroxyl groups excluding tert-OH is 1. The molecule has 1 fully saturated rings. The Morgan fingerprint density at radius 2 is 1.56 bits per heavy atom. The maximum absolute atomic E-state index is 12.5. The second-order valence-corrected chi connectivity index (χ2v) is 13.0. The van der Waals surface area contributed by atoms with E-state index in [9.17, 15) is 24.6 Å². The number of hydroxylamine groups is 1. The third kappa shape index (κ3) is 10.2. The number of rotatable bonds is 16. The maximum atomic E-state index is 12.5. The standard InChI is InChI=1S/C38H41N3O8S/c42-23-25-12-14-27(15-13-25)33-21-30(24-50-36-32(37(45)46)9-6-20-39-36)48-38(49-33)28-18-16-26(17-19-28)31-8-5-4-7-29(31)22-40-34(43)10-2-1-3-11-35(44)41-47/h4-9,12-20,30,33,38,42,47H,1-3,10-11,21-24H2,(H,40,43)(H,41,44)(H,45,46)/t30-,33+,38+/m1/s1. The molecule has 0 saturated carbocycles. The van der Waals surface area contributed by atoms with Crippen molar-refractivity contribution in [1.29, 1.82) is 0 Å². The number of carbonyl (C=O) groups excluding carboxylic acids is 2. The Hall–Kier alpha value is -4.59. The lowest BCUT2D eigenvalue weighted by Gasteiger charge is -2.36. The molecule has 1 aliphatic heterocycles. The van der Waals surface area contributed by atoms with Gasteiger partial charge < -0.3 is 25.0 Å². The van der Waals surface area contributed by atoms with E-state index in [0.717, 1.165) is 33.4 Å². The fraction of sp³-hybridized carbons (Fsp3) is 0.316. The number of nitrogens with zero attached hydrogens (tertiary/aromatic N) is 1. The molecule has 5 N–H and O–H groups in total. The molecule has 1 aromatic heterocycles. The average molecular weight is 700 g/mol. The highest BCUT2D eigenvalue weighted by Crippen LogP contribution is 2.40. The van der Waals surface area contributed by atoms with E-state index in [1.165, 1.54) is 17.8 Å². The molecule has 12 heteroatoms. The van der Waals surface area contributed by atoms with Gasteiger partial charge in [-0.25, -0.2) is 15.3 Å². The summed E-state index contributed by atoms with van der Waals surface area (Å²) in [6, 6.07) is 26.6. The van der Waals surface area contributed by atoms with Gasteiger partial charge in [-0.05, 0) is 52.8 Å². The van der Waals surface area contributed by atoms with Crippen LogP contribution in [0.4, 0.5) is 0 Å². The minimum Gasteiger partial charge on any atom is -0.478 e. The third-order valence-electron chi connectivity index (χ3n) is 8.44. The topological polar surface area (TPSA) is 167 Å². The Morgan fingerprint density at radius 1 is 0.840 bits per heavy atom. The molecule has 50 heavy (non-hydrogen) atoms. The highest BCUT2D eigenvalue weighted by Gasteiger charge is 2.32. The Kier molecular flexibility index (Phi) is 13.5. The number of aliphatic hydroxyl groups is 1. The van der Waals surface area contributed by atoms with Crippen LogP contribution in [0.15, 0.2) is 96.2 Å². The minimum atomic E-state index is -1.03. The third-order valence-corrected chi connectivity index (χ3v) is 9.58. The fourth-order valence-corrected chi connectivity index (χ4v) is 6.73. The Labute approximate surface area is 295 Å². The zero-order chi connectivity index (χ0) is 35.3. The van der Waals surface area contributed by atoms with E-state index in [-0.39, 0.29) is 36.7 Å². The summed E-state index contributed by atoms with van der Waals surface area (Å²) in [6.07, 6.45) is 3.44. The van der Waals surface area contributed by atoms with E-state index < -0.39 is 18.2 Å². The van der Waals surface area contributed by atoms with E-state index in [0.29, 0.717) is 49.4 Å². The largest absolute Gasteiger partial charge is 0.478 e. The molecule has 0 unspecified atom stereocenters. The molecule has 1 saturated heterocycles. The van der Waals surface area contributed by atoms with Crippen molar-refractivity contribution in [2.45, 2.75) is 75.2 Å². The predicted molar refractivity (Wildman–Crippen MR) is 187 cm³/mol. The van der Waals surface area contributed by atoms with Crippen LogP contribution in [0, 0.1) is 0 Å². The predicted octanol–water partition coefficient (Wildman–Crippen LogP) is 6.35. The summed E-state index contributed by atoms with van der Waals surface area (Å²) in [5.41, 5.74) is 7.27. The number of pyridine rings is 1. The van der Waals surface area contributed by atoms with Crippen molar-refractivity contribution in [3.05, 3.63) is 119 Å². The maximum Gasteiger partial charge on any atom is 0.338 e. The molecule has 2 amide bonds. The van der Waals surface area contributed by atoms with E-state index in [2.05, 4.69) is 10.3 Å². The zero-order valence-electron chi connectivity index (χ0n) is 27.5. The molecular formula is C38H41N3O8S. The van der Waals surface area contributed by atoms with Crippen molar-refractivity contribution in [2.75, 3.05) is 5.75 Å². The summed E-state index contributed by atoms with van der Waals surface area (Å²) in [5, 5.41) is 31.1. The number of ether oxygens (including phenoxy) is 2. The average Bonchev–Trinajstić information content (AvgIpc) is 3.16. The monoisotopic (exact) mass is 699 g/mol. The van der Waals surface area contributed by atoms with Gasteiger partial charge >= 0.3 is 5.97 Å². The van der Waals surface area contributed by atoms with Crippen LogP contribution in [0.1, 0.15) is 83.5 Å². The van der Waals surface area contributed by atoms with Gasteiger partial charge in [0.2, 0.25) is 11.8 Å². The van der Waals surface area contributed by atoms with Crippen molar-refractivity contribution in [1.82, 2.24) is 15.8 Å². The highest BCUT2D eigenvalue weighted by atomic mass is 32.2. The summed E-state index contributed by atoms with van der Waals surface area (Å²) in [4.78, 5) is 39.7. The van der Waals surface area contributed by atoms with E-state index >= 15 is 0 Å². The fourth-order valence-electron chi connectivity index (χ4n) is 5.73. The number of carboxylic acids is 1. The van der Waals surface area contributed by atoms with Gasteiger partial charge in [0, 0.05) is 43.3 Å². The Morgan fingerprint density at radius 3 is 2.28 bits per heavy atom. The molecule has 3 atom stereocenters. The van der Waals surface area contributed by atoms with Gasteiger partial charge in [-0.15, -0.1) is 11.8 Å². The van der Waals surface area contributed by atoms with Gasteiger partial charge in [0.1, 0.15) is 5.03 Å².